The first-order valence-electron chi connectivity index (χ1n) is 6.72. The number of hydrogen-bond acceptors (Lipinski definition) is 2. The summed E-state index contributed by atoms with van der Waals surface area (Å²) >= 11 is 5.95. The molecule has 1 aliphatic rings. The van der Waals surface area contributed by atoms with Crippen molar-refractivity contribution in [3.05, 3.63) is 64.4 Å². The van der Waals surface area contributed by atoms with Crippen molar-refractivity contribution < 1.29 is 0 Å². The number of rotatable bonds is 2. The number of pyridine rings is 1. The van der Waals surface area contributed by atoms with Gasteiger partial charge in [0.05, 0.1) is 5.69 Å². The molecule has 0 bridgehead atoms. The van der Waals surface area contributed by atoms with Crippen molar-refractivity contribution in [3.8, 4) is 0 Å². The molecule has 0 spiro atoms. The lowest BCUT2D eigenvalue weighted by Gasteiger charge is -2.20. The Bertz CT molecular complexity index is 568. The molecule has 1 aromatic carbocycles. The van der Waals surface area contributed by atoms with Gasteiger partial charge >= 0.3 is 0 Å². The molecule has 0 radical (unpaired) electrons. The quantitative estimate of drug-likeness (QED) is 0.775. The minimum atomic E-state index is 0.577. The van der Waals surface area contributed by atoms with E-state index < -0.39 is 0 Å². The highest BCUT2D eigenvalue weighted by molar-refractivity contribution is 6.29. The second-order valence-electron chi connectivity index (χ2n) is 5.03. The summed E-state index contributed by atoms with van der Waals surface area (Å²) in [6.45, 7) is 2.99. The zero-order valence-electron chi connectivity index (χ0n) is 10.8. The molecule has 0 fully saturated rings. The van der Waals surface area contributed by atoms with Gasteiger partial charge in [-0.2, -0.15) is 0 Å². The Labute approximate surface area is 119 Å². The van der Waals surface area contributed by atoms with Crippen LogP contribution in [-0.2, 0) is 19.5 Å². The maximum Gasteiger partial charge on any atom is 0.129 e. The SMILES string of the molecule is Clc1cccc(CN2CCCc3ccccc3C2)n1. The number of benzene rings is 1. The predicted octanol–water partition coefficient (Wildman–Crippen LogP) is 3.68. The third-order valence-corrected chi connectivity index (χ3v) is 3.80. The standard InChI is InChI=1S/C16H17ClN2/c17-16-9-3-8-15(18-16)12-19-10-4-7-13-5-1-2-6-14(13)11-19/h1-3,5-6,8-9H,4,7,10-12H2. The van der Waals surface area contributed by atoms with E-state index in [4.69, 9.17) is 11.6 Å². The molecule has 0 N–H and O–H groups in total. The van der Waals surface area contributed by atoms with Gasteiger partial charge in [-0.1, -0.05) is 41.9 Å². The Morgan fingerprint density at radius 1 is 1.05 bits per heavy atom. The van der Waals surface area contributed by atoms with Gasteiger partial charge in [-0.3, -0.25) is 4.90 Å². The molecule has 3 rings (SSSR count). The van der Waals surface area contributed by atoms with Crippen LogP contribution in [0.2, 0.25) is 5.15 Å². The van der Waals surface area contributed by atoms with Crippen LogP contribution in [0.5, 0.6) is 0 Å². The summed E-state index contributed by atoms with van der Waals surface area (Å²) in [6, 6.07) is 14.6. The Morgan fingerprint density at radius 3 is 2.74 bits per heavy atom. The van der Waals surface area contributed by atoms with Gasteiger partial charge in [0.2, 0.25) is 0 Å². The van der Waals surface area contributed by atoms with E-state index in [9.17, 15) is 0 Å². The summed E-state index contributed by atoms with van der Waals surface area (Å²) in [5.41, 5.74) is 3.98. The Morgan fingerprint density at radius 2 is 1.89 bits per heavy atom. The van der Waals surface area contributed by atoms with E-state index in [2.05, 4.69) is 34.1 Å². The summed E-state index contributed by atoms with van der Waals surface area (Å²) in [7, 11) is 0. The van der Waals surface area contributed by atoms with E-state index in [0.717, 1.165) is 25.3 Å². The van der Waals surface area contributed by atoms with Gasteiger partial charge in [0.15, 0.2) is 0 Å². The number of fused-ring (bicyclic) bond motifs is 1. The summed E-state index contributed by atoms with van der Waals surface area (Å²) < 4.78 is 0. The molecule has 1 aromatic heterocycles. The van der Waals surface area contributed by atoms with Crippen molar-refractivity contribution in [1.29, 1.82) is 0 Å². The van der Waals surface area contributed by atoms with Crippen molar-refractivity contribution in [2.24, 2.45) is 0 Å². The summed E-state index contributed by atoms with van der Waals surface area (Å²) in [6.07, 6.45) is 2.38. The van der Waals surface area contributed by atoms with Crippen molar-refractivity contribution in [3.63, 3.8) is 0 Å². The molecule has 0 saturated heterocycles. The summed E-state index contributed by atoms with van der Waals surface area (Å²) in [5, 5.41) is 0.577. The van der Waals surface area contributed by atoms with Gasteiger partial charge in [0.25, 0.3) is 0 Å². The van der Waals surface area contributed by atoms with Gasteiger partial charge < -0.3 is 0 Å². The first kappa shape index (κ1) is 12.6. The van der Waals surface area contributed by atoms with Gasteiger partial charge in [0, 0.05) is 13.1 Å². The molecule has 0 amide bonds. The van der Waals surface area contributed by atoms with Crippen molar-refractivity contribution in [1.82, 2.24) is 9.88 Å². The van der Waals surface area contributed by atoms with Gasteiger partial charge in [-0.05, 0) is 42.6 Å². The average Bonchev–Trinajstić information content (AvgIpc) is 2.60. The molecule has 0 unspecified atom stereocenters. The fourth-order valence-corrected chi connectivity index (χ4v) is 2.85. The van der Waals surface area contributed by atoms with Crippen molar-refractivity contribution >= 4 is 11.6 Å². The molecule has 3 heteroatoms. The Balaban J connectivity index is 1.76. The average molecular weight is 273 g/mol. The van der Waals surface area contributed by atoms with E-state index in [1.54, 1.807) is 0 Å². The Kier molecular flexibility index (Phi) is 3.81. The smallest absolute Gasteiger partial charge is 0.129 e. The zero-order chi connectivity index (χ0) is 13.1. The maximum absolute atomic E-state index is 5.95. The fraction of sp³-hybridized carbons (Fsp3) is 0.312. The van der Waals surface area contributed by atoms with Gasteiger partial charge in [-0.25, -0.2) is 4.98 Å². The van der Waals surface area contributed by atoms with Gasteiger partial charge in [-0.15, -0.1) is 0 Å². The number of halogens is 1. The number of aryl methyl sites for hydroxylation is 1. The van der Waals surface area contributed by atoms with Crippen LogP contribution in [0, 0.1) is 0 Å². The summed E-state index contributed by atoms with van der Waals surface area (Å²) in [5.74, 6) is 0. The molecule has 0 aliphatic carbocycles. The lowest BCUT2D eigenvalue weighted by molar-refractivity contribution is 0.258. The highest BCUT2D eigenvalue weighted by Crippen LogP contribution is 2.19. The van der Waals surface area contributed by atoms with E-state index in [-0.39, 0.29) is 0 Å². The molecule has 1 aliphatic heterocycles. The van der Waals surface area contributed by atoms with Gasteiger partial charge in [0.1, 0.15) is 5.15 Å². The Hall–Kier alpha value is -1.38. The zero-order valence-corrected chi connectivity index (χ0v) is 11.6. The number of aromatic nitrogens is 1. The lowest BCUT2D eigenvalue weighted by atomic mass is 10.0. The molecule has 2 nitrogen and oxygen atoms in total. The summed E-state index contributed by atoms with van der Waals surface area (Å²) in [4.78, 5) is 6.83. The topological polar surface area (TPSA) is 16.1 Å². The number of nitrogens with zero attached hydrogens (tertiary/aromatic N) is 2. The molecule has 0 atom stereocenters. The normalized spacial score (nSPS) is 15.8. The van der Waals surface area contributed by atoms with Crippen LogP contribution < -0.4 is 0 Å². The largest absolute Gasteiger partial charge is 0.293 e. The van der Waals surface area contributed by atoms with Crippen LogP contribution in [0.4, 0.5) is 0 Å². The third-order valence-electron chi connectivity index (χ3n) is 3.59. The predicted molar refractivity (Wildman–Crippen MR) is 78.1 cm³/mol. The molecule has 19 heavy (non-hydrogen) atoms. The second-order valence-corrected chi connectivity index (χ2v) is 5.42. The lowest BCUT2D eigenvalue weighted by Crippen LogP contribution is -2.23. The van der Waals surface area contributed by atoms with E-state index >= 15 is 0 Å². The van der Waals surface area contributed by atoms with Crippen LogP contribution in [0.1, 0.15) is 23.2 Å². The van der Waals surface area contributed by atoms with Crippen LogP contribution >= 0.6 is 11.6 Å². The molecule has 0 saturated carbocycles. The first-order valence-corrected chi connectivity index (χ1v) is 7.09. The first-order chi connectivity index (χ1) is 9.31. The van der Waals surface area contributed by atoms with Crippen LogP contribution in [-0.4, -0.2) is 16.4 Å². The monoisotopic (exact) mass is 272 g/mol. The van der Waals surface area contributed by atoms with Crippen LogP contribution in [0.15, 0.2) is 42.5 Å². The highest BCUT2D eigenvalue weighted by Gasteiger charge is 2.14. The molecule has 2 heterocycles. The third kappa shape index (κ3) is 3.14. The van der Waals surface area contributed by atoms with E-state index in [1.807, 2.05) is 18.2 Å². The van der Waals surface area contributed by atoms with Crippen LogP contribution in [0.25, 0.3) is 0 Å². The van der Waals surface area contributed by atoms with Crippen molar-refractivity contribution in [2.75, 3.05) is 6.54 Å². The molecular weight excluding hydrogens is 256 g/mol. The van der Waals surface area contributed by atoms with Crippen LogP contribution in [0.3, 0.4) is 0 Å². The van der Waals surface area contributed by atoms with E-state index in [0.29, 0.717) is 5.15 Å². The maximum atomic E-state index is 5.95. The fourth-order valence-electron chi connectivity index (χ4n) is 2.67. The number of hydrogen-bond donors (Lipinski definition) is 0. The molecular formula is C16H17ClN2. The molecule has 2 aromatic rings. The van der Waals surface area contributed by atoms with E-state index in [1.165, 1.54) is 24.0 Å². The molecule has 98 valence electrons. The van der Waals surface area contributed by atoms with Crippen molar-refractivity contribution in [2.45, 2.75) is 25.9 Å². The minimum absolute atomic E-state index is 0.577. The minimum Gasteiger partial charge on any atom is -0.293 e. The second kappa shape index (κ2) is 5.72. The highest BCUT2D eigenvalue weighted by atomic mass is 35.5.